The van der Waals surface area contributed by atoms with Gasteiger partial charge in [0.2, 0.25) is 5.95 Å². The molecular formula is C15H15N5OS. The molecule has 22 heavy (non-hydrogen) atoms. The Kier molecular flexibility index (Phi) is 3.72. The van der Waals surface area contributed by atoms with Gasteiger partial charge in [0.15, 0.2) is 0 Å². The lowest BCUT2D eigenvalue weighted by atomic mass is 10.1. The molecule has 6 nitrogen and oxygen atoms in total. The molecule has 3 heterocycles. The zero-order valence-corrected chi connectivity index (χ0v) is 13.0. The lowest BCUT2D eigenvalue weighted by molar-refractivity contribution is 0.505. The number of nitrogens with two attached hydrogens (primary N) is 1. The minimum Gasteiger partial charge on any atom is -0.368 e. The van der Waals surface area contributed by atoms with Crippen molar-refractivity contribution in [2.75, 3.05) is 5.73 Å². The lowest BCUT2D eigenvalue weighted by Crippen LogP contribution is -2.24. The van der Waals surface area contributed by atoms with E-state index >= 15 is 0 Å². The molecule has 7 heteroatoms. The van der Waals surface area contributed by atoms with Crippen LogP contribution in [-0.2, 0) is 0 Å². The fourth-order valence-corrected chi connectivity index (χ4v) is 2.78. The van der Waals surface area contributed by atoms with Crippen molar-refractivity contribution < 1.29 is 0 Å². The van der Waals surface area contributed by atoms with Crippen LogP contribution in [0, 0.1) is 0 Å². The van der Waals surface area contributed by atoms with Crippen LogP contribution in [0.25, 0.3) is 22.5 Å². The molecule has 0 spiro atoms. The average Bonchev–Trinajstić information content (AvgIpc) is 3.02. The summed E-state index contributed by atoms with van der Waals surface area (Å²) in [6.45, 7) is 3.83. The van der Waals surface area contributed by atoms with Crippen LogP contribution in [0.2, 0.25) is 0 Å². The van der Waals surface area contributed by atoms with Crippen LogP contribution in [0.15, 0.2) is 40.0 Å². The fraction of sp³-hybridized carbons (Fsp3) is 0.200. The van der Waals surface area contributed by atoms with E-state index in [4.69, 9.17) is 5.73 Å². The number of aromatic nitrogens is 4. The second-order valence-electron chi connectivity index (χ2n) is 5.10. The maximum Gasteiger partial charge on any atom is 0.267 e. The molecule has 0 atom stereocenters. The first-order valence-corrected chi connectivity index (χ1v) is 7.76. The Morgan fingerprint density at radius 2 is 2.09 bits per heavy atom. The Morgan fingerprint density at radius 3 is 2.77 bits per heavy atom. The van der Waals surface area contributed by atoms with E-state index in [9.17, 15) is 4.79 Å². The number of nitrogens with zero attached hydrogens (tertiary/aromatic N) is 4. The Bertz CT molecular complexity index is 855. The van der Waals surface area contributed by atoms with Crippen molar-refractivity contribution in [3.63, 3.8) is 0 Å². The standard InChI is InChI=1S/C15H15N5OS/c1-9(2)20-13(21)4-3-12(19-20)11-7-17-15(16)18-14(11)10-5-6-22-8-10/h3-9H,1-2H3,(H2,16,17,18). The molecule has 0 aliphatic carbocycles. The zero-order chi connectivity index (χ0) is 15.7. The third-order valence-electron chi connectivity index (χ3n) is 3.19. The monoisotopic (exact) mass is 313 g/mol. The summed E-state index contributed by atoms with van der Waals surface area (Å²) in [5.41, 5.74) is 8.66. The highest BCUT2D eigenvalue weighted by Crippen LogP contribution is 2.30. The quantitative estimate of drug-likeness (QED) is 0.803. The largest absolute Gasteiger partial charge is 0.368 e. The summed E-state index contributed by atoms with van der Waals surface area (Å²) in [6, 6.07) is 5.14. The molecule has 112 valence electrons. The van der Waals surface area contributed by atoms with E-state index in [-0.39, 0.29) is 17.5 Å². The predicted molar refractivity (Wildman–Crippen MR) is 87.6 cm³/mol. The van der Waals surface area contributed by atoms with E-state index in [1.165, 1.54) is 10.7 Å². The smallest absolute Gasteiger partial charge is 0.267 e. The van der Waals surface area contributed by atoms with Crippen molar-refractivity contribution in [2.24, 2.45) is 0 Å². The van der Waals surface area contributed by atoms with Gasteiger partial charge in [-0.05, 0) is 31.4 Å². The molecule has 0 saturated heterocycles. The highest BCUT2D eigenvalue weighted by Gasteiger charge is 2.14. The van der Waals surface area contributed by atoms with E-state index < -0.39 is 0 Å². The predicted octanol–water partition coefficient (Wildman–Crippen LogP) is 2.59. The van der Waals surface area contributed by atoms with Crippen molar-refractivity contribution >= 4 is 17.3 Å². The first-order valence-electron chi connectivity index (χ1n) is 6.81. The molecule has 0 amide bonds. The van der Waals surface area contributed by atoms with E-state index in [1.54, 1.807) is 23.6 Å². The summed E-state index contributed by atoms with van der Waals surface area (Å²) < 4.78 is 1.45. The van der Waals surface area contributed by atoms with Crippen molar-refractivity contribution in [1.29, 1.82) is 0 Å². The van der Waals surface area contributed by atoms with Crippen LogP contribution in [0.4, 0.5) is 5.95 Å². The summed E-state index contributed by atoms with van der Waals surface area (Å²) in [4.78, 5) is 20.3. The molecule has 0 aliphatic rings. The van der Waals surface area contributed by atoms with E-state index in [1.807, 2.05) is 30.7 Å². The highest BCUT2D eigenvalue weighted by atomic mass is 32.1. The summed E-state index contributed by atoms with van der Waals surface area (Å²) >= 11 is 1.58. The third-order valence-corrected chi connectivity index (χ3v) is 3.88. The Balaban J connectivity index is 2.21. The number of hydrogen-bond donors (Lipinski definition) is 1. The van der Waals surface area contributed by atoms with Crippen molar-refractivity contribution in [2.45, 2.75) is 19.9 Å². The van der Waals surface area contributed by atoms with Crippen LogP contribution in [0.3, 0.4) is 0 Å². The summed E-state index contributed by atoms with van der Waals surface area (Å²) in [7, 11) is 0. The molecule has 0 aromatic carbocycles. The molecule has 0 unspecified atom stereocenters. The molecular weight excluding hydrogens is 298 g/mol. The highest BCUT2D eigenvalue weighted by molar-refractivity contribution is 7.08. The average molecular weight is 313 g/mol. The normalized spacial score (nSPS) is 11.0. The second kappa shape index (κ2) is 5.69. The van der Waals surface area contributed by atoms with Crippen LogP contribution < -0.4 is 11.3 Å². The first kappa shape index (κ1) is 14.4. The van der Waals surface area contributed by atoms with Gasteiger partial charge in [-0.25, -0.2) is 14.6 Å². The van der Waals surface area contributed by atoms with Crippen molar-refractivity contribution in [3.05, 3.63) is 45.5 Å². The minimum atomic E-state index is -0.132. The second-order valence-corrected chi connectivity index (χ2v) is 5.88. The van der Waals surface area contributed by atoms with Gasteiger partial charge in [0.05, 0.1) is 17.4 Å². The molecule has 3 aromatic heterocycles. The molecule has 0 radical (unpaired) electrons. The van der Waals surface area contributed by atoms with Crippen molar-refractivity contribution in [1.82, 2.24) is 19.7 Å². The topological polar surface area (TPSA) is 86.7 Å². The van der Waals surface area contributed by atoms with Gasteiger partial charge in [-0.2, -0.15) is 16.4 Å². The number of rotatable bonds is 3. The molecule has 0 aliphatic heterocycles. The van der Waals surface area contributed by atoms with Gasteiger partial charge in [-0.3, -0.25) is 4.79 Å². The van der Waals surface area contributed by atoms with Crippen LogP contribution in [0.1, 0.15) is 19.9 Å². The Morgan fingerprint density at radius 1 is 1.27 bits per heavy atom. The summed E-state index contributed by atoms with van der Waals surface area (Å²) in [5.74, 6) is 0.210. The van der Waals surface area contributed by atoms with Crippen molar-refractivity contribution in [3.8, 4) is 22.5 Å². The van der Waals surface area contributed by atoms with Gasteiger partial charge in [0.1, 0.15) is 0 Å². The zero-order valence-electron chi connectivity index (χ0n) is 12.2. The number of nitrogen functional groups attached to an aromatic ring is 1. The molecule has 3 aromatic rings. The van der Waals surface area contributed by atoms with Gasteiger partial charge in [-0.15, -0.1) is 0 Å². The van der Waals surface area contributed by atoms with Crippen LogP contribution in [0.5, 0.6) is 0 Å². The van der Waals surface area contributed by atoms with Crippen LogP contribution >= 0.6 is 11.3 Å². The van der Waals surface area contributed by atoms with Gasteiger partial charge >= 0.3 is 0 Å². The van der Waals surface area contributed by atoms with E-state index in [0.717, 1.165) is 16.8 Å². The van der Waals surface area contributed by atoms with Gasteiger partial charge in [0, 0.05) is 28.8 Å². The molecule has 2 N–H and O–H groups in total. The van der Waals surface area contributed by atoms with Crippen LogP contribution in [-0.4, -0.2) is 19.7 Å². The fourth-order valence-electron chi connectivity index (χ4n) is 2.14. The molecule has 0 saturated carbocycles. The van der Waals surface area contributed by atoms with Gasteiger partial charge in [0.25, 0.3) is 5.56 Å². The maximum absolute atomic E-state index is 11.9. The summed E-state index contributed by atoms with van der Waals surface area (Å²) in [5, 5.41) is 8.39. The Labute approximate surface area is 131 Å². The summed E-state index contributed by atoms with van der Waals surface area (Å²) in [6.07, 6.45) is 1.65. The van der Waals surface area contributed by atoms with E-state index in [0.29, 0.717) is 5.69 Å². The maximum atomic E-state index is 11.9. The van der Waals surface area contributed by atoms with Gasteiger partial charge < -0.3 is 5.73 Å². The first-order chi connectivity index (χ1) is 10.6. The third kappa shape index (κ3) is 2.62. The molecule has 3 rings (SSSR count). The minimum absolute atomic E-state index is 0.0215. The van der Waals surface area contributed by atoms with E-state index in [2.05, 4.69) is 15.1 Å². The number of anilines is 1. The van der Waals surface area contributed by atoms with Gasteiger partial charge in [-0.1, -0.05) is 0 Å². The lowest BCUT2D eigenvalue weighted by Gasteiger charge is -2.12. The Hall–Kier alpha value is -2.54. The molecule has 0 bridgehead atoms. The SMILES string of the molecule is CC(C)n1nc(-c2cnc(N)nc2-c2ccsc2)ccc1=O. The number of hydrogen-bond acceptors (Lipinski definition) is 6. The number of thiophene rings is 1. The molecule has 0 fully saturated rings.